The second-order valence-electron chi connectivity index (χ2n) is 8.04. The van der Waals surface area contributed by atoms with Gasteiger partial charge in [-0.3, -0.25) is 0 Å². The SMILES string of the molecule is C=CC.CC.CC.CC.CCCCCc1cc(O)c2c(c1C(=O)O)CC([C@H](C)CC)[C@]2(P)CC.CO. The Bertz CT molecular complexity index is 688. The van der Waals surface area contributed by atoms with Gasteiger partial charge in [0.25, 0.3) is 0 Å². The summed E-state index contributed by atoms with van der Waals surface area (Å²) >= 11 is 0. The van der Waals surface area contributed by atoms with Crippen LogP contribution in [0.1, 0.15) is 135 Å². The van der Waals surface area contributed by atoms with Crippen molar-refractivity contribution in [2.75, 3.05) is 7.11 Å². The maximum atomic E-state index is 12.1. The fraction of sp³-hybridized carbons (Fsp3) is 0.710. The summed E-state index contributed by atoms with van der Waals surface area (Å²) in [5.74, 6) is 0.261. The number of allylic oxidation sites excluding steroid dienone is 1. The molecule has 1 aromatic rings. The Hall–Kier alpha value is -1.38. The average molecular weight is 529 g/mol. The lowest BCUT2D eigenvalue weighted by Gasteiger charge is -2.35. The molecule has 0 aliphatic heterocycles. The number of carbonyl (C=O) groups is 1. The molecule has 3 N–H and O–H groups in total. The highest BCUT2D eigenvalue weighted by Gasteiger charge is 2.47. The molecule has 0 saturated heterocycles. The quantitative estimate of drug-likeness (QED) is 0.178. The van der Waals surface area contributed by atoms with Crippen molar-refractivity contribution in [3.63, 3.8) is 0 Å². The standard InChI is InChI=1S/C21H33O3P.C3H6.3C2H6.CH4O/c1-5-8-9-10-14-11-17(22)19-15(18(14)20(23)24)12-16(13(4)6-2)21(19,25)7-3;1-3-2;4*1-2/h11,13,16,22H,5-10,12,25H2,1-4H3,(H,23,24);3H,1H2,2H3;3*1-2H3;2H,1H3/t13-,16?,21-;;;;;/m1...../s1. The molecule has 0 aromatic heterocycles. The Balaban J connectivity index is -0.000000407. The van der Waals surface area contributed by atoms with E-state index in [0.29, 0.717) is 17.4 Å². The minimum Gasteiger partial charge on any atom is -0.508 e. The zero-order valence-electron chi connectivity index (χ0n) is 25.8. The number of hydrogen-bond acceptors (Lipinski definition) is 3. The van der Waals surface area contributed by atoms with E-state index >= 15 is 0 Å². The van der Waals surface area contributed by atoms with Gasteiger partial charge in [-0.05, 0) is 61.6 Å². The van der Waals surface area contributed by atoms with E-state index in [1.807, 2.05) is 48.5 Å². The number of aromatic hydroxyl groups is 1. The molecule has 4 atom stereocenters. The van der Waals surface area contributed by atoms with Crippen LogP contribution in [0.15, 0.2) is 18.7 Å². The molecular weight excluding hydrogens is 467 g/mol. The number of hydrogen-bond donors (Lipinski definition) is 3. The van der Waals surface area contributed by atoms with E-state index in [1.165, 1.54) is 0 Å². The predicted octanol–water partition coefficient (Wildman–Crippen LogP) is 9.40. The number of aliphatic hydroxyl groups excluding tert-OH is 1. The van der Waals surface area contributed by atoms with Crippen molar-refractivity contribution in [1.82, 2.24) is 0 Å². The number of unbranched alkanes of at least 4 members (excludes halogenated alkanes) is 2. The van der Waals surface area contributed by atoms with Gasteiger partial charge in [-0.2, -0.15) is 0 Å². The van der Waals surface area contributed by atoms with Gasteiger partial charge in [-0.1, -0.05) is 94.6 Å². The van der Waals surface area contributed by atoms with E-state index in [9.17, 15) is 15.0 Å². The lowest BCUT2D eigenvalue weighted by molar-refractivity contribution is 0.0694. The maximum Gasteiger partial charge on any atom is 0.336 e. The highest BCUT2D eigenvalue weighted by molar-refractivity contribution is 7.18. The van der Waals surface area contributed by atoms with E-state index in [0.717, 1.165) is 68.7 Å². The van der Waals surface area contributed by atoms with Gasteiger partial charge < -0.3 is 15.3 Å². The number of phenolic OH excluding ortho intramolecular Hbond substituents is 1. The number of aliphatic hydroxyl groups is 1. The number of benzene rings is 1. The van der Waals surface area contributed by atoms with E-state index < -0.39 is 5.97 Å². The van der Waals surface area contributed by atoms with Gasteiger partial charge in [0.05, 0.1) is 5.56 Å². The molecule has 36 heavy (non-hydrogen) atoms. The largest absolute Gasteiger partial charge is 0.508 e. The molecule has 0 spiro atoms. The topological polar surface area (TPSA) is 77.8 Å². The molecule has 0 fully saturated rings. The van der Waals surface area contributed by atoms with Crippen LogP contribution >= 0.6 is 9.24 Å². The molecule has 1 aromatic carbocycles. The highest BCUT2D eigenvalue weighted by Crippen LogP contribution is 2.57. The Morgan fingerprint density at radius 3 is 1.97 bits per heavy atom. The monoisotopic (exact) mass is 528 g/mol. The summed E-state index contributed by atoms with van der Waals surface area (Å²) < 4.78 is 0. The second kappa shape index (κ2) is 25.3. The molecule has 0 saturated carbocycles. The van der Waals surface area contributed by atoms with Crippen LogP contribution in [0.25, 0.3) is 0 Å². The van der Waals surface area contributed by atoms with Gasteiger partial charge in [0, 0.05) is 17.8 Å². The van der Waals surface area contributed by atoms with Crippen molar-refractivity contribution in [3.05, 3.63) is 41.0 Å². The van der Waals surface area contributed by atoms with Gasteiger partial charge in [0.15, 0.2) is 0 Å². The first kappa shape index (κ1) is 41.7. The summed E-state index contributed by atoms with van der Waals surface area (Å²) in [6.45, 7) is 25.9. The van der Waals surface area contributed by atoms with Crippen LogP contribution in [-0.4, -0.2) is 28.4 Å². The molecule has 0 heterocycles. The molecule has 1 aliphatic carbocycles. The summed E-state index contributed by atoms with van der Waals surface area (Å²) in [5.41, 5.74) is 2.99. The van der Waals surface area contributed by atoms with Gasteiger partial charge in [-0.25, -0.2) is 4.79 Å². The van der Waals surface area contributed by atoms with Gasteiger partial charge in [-0.15, -0.1) is 15.8 Å². The molecule has 2 unspecified atom stereocenters. The Morgan fingerprint density at radius 1 is 1.14 bits per heavy atom. The third-order valence-corrected chi connectivity index (χ3v) is 7.35. The molecule has 2 rings (SSSR count). The molecule has 5 heteroatoms. The third kappa shape index (κ3) is 11.8. The number of rotatable bonds is 8. The van der Waals surface area contributed by atoms with Crippen LogP contribution in [0.5, 0.6) is 5.75 Å². The predicted molar refractivity (Wildman–Crippen MR) is 165 cm³/mol. The van der Waals surface area contributed by atoms with Crippen LogP contribution < -0.4 is 0 Å². The lowest BCUT2D eigenvalue weighted by Crippen LogP contribution is -2.28. The van der Waals surface area contributed by atoms with Crippen LogP contribution in [0.2, 0.25) is 0 Å². The number of carboxylic acids is 1. The second-order valence-corrected chi connectivity index (χ2v) is 9.07. The normalized spacial score (nSPS) is 17.3. The Labute approximate surface area is 227 Å². The number of phenols is 1. The summed E-state index contributed by atoms with van der Waals surface area (Å²) in [4.78, 5) is 12.1. The maximum absolute atomic E-state index is 12.1. The van der Waals surface area contributed by atoms with Crippen LogP contribution in [0.3, 0.4) is 0 Å². The van der Waals surface area contributed by atoms with Crippen molar-refractivity contribution in [3.8, 4) is 5.75 Å². The molecule has 1 aliphatic rings. The van der Waals surface area contributed by atoms with Crippen molar-refractivity contribution in [1.29, 1.82) is 0 Å². The highest BCUT2D eigenvalue weighted by atomic mass is 31.0. The lowest BCUT2D eigenvalue weighted by atomic mass is 9.79. The van der Waals surface area contributed by atoms with Crippen molar-refractivity contribution >= 4 is 15.2 Å². The first-order chi connectivity index (χ1) is 17.2. The van der Waals surface area contributed by atoms with E-state index in [-0.39, 0.29) is 10.9 Å². The summed E-state index contributed by atoms with van der Waals surface area (Å²) in [7, 11) is 3.97. The zero-order valence-corrected chi connectivity index (χ0v) is 26.9. The average Bonchev–Trinajstić information content (AvgIpc) is 3.22. The van der Waals surface area contributed by atoms with Crippen molar-refractivity contribution in [2.45, 2.75) is 126 Å². The van der Waals surface area contributed by atoms with Gasteiger partial charge >= 0.3 is 5.97 Å². The summed E-state index contributed by atoms with van der Waals surface area (Å²) in [6.07, 6.45) is 8.29. The first-order valence-corrected chi connectivity index (χ1v) is 14.7. The fourth-order valence-corrected chi connectivity index (χ4v) is 5.32. The molecule has 0 bridgehead atoms. The Morgan fingerprint density at radius 2 is 1.61 bits per heavy atom. The Kier molecular flexibility index (Phi) is 29.3. The number of aryl methyl sites for hydroxylation is 1. The number of aromatic carboxylic acids is 1. The van der Waals surface area contributed by atoms with Crippen molar-refractivity contribution < 1.29 is 20.1 Å². The first-order valence-electron chi connectivity index (χ1n) is 14.1. The molecular formula is C31H61O4P. The smallest absolute Gasteiger partial charge is 0.336 e. The summed E-state index contributed by atoms with van der Waals surface area (Å²) in [6, 6.07) is 1.73. The van der Waals surface area contributed by atoms with Crippen LogP contribution in [0.4, 0.5) is 0 Å². The van der Waals surface area contributed by atoms with E-state index in [4.69, 9.17) is 5.11 Å². The minimum atomic E-state index is -0.851. The third-order valence-electron chi connectivity index (χ3n) is 6.22. The van der Waals surface area contributed by atoms with Gasteiger partial charge in [0.1, 0.15) is 5.75 Å². The zero-order chi connectivity index (χ0) is 29.5. The van der Waals surface area contributed by atoms with E-state index in [1.54, 1.807) is 12.1 Å². The van der Waals surface area contributed by atoms with Gasteiger partial charge in [0.2, 0.25) is 0 Å². The molecule has 0 radical (unpaired) electrons. The van der Waals surface area contributed by atoms with E-state index in [2.05, 4.69) is 43.5 Å². The minimum absolute atomic E-state index is 0.235. The number of carboxylic acid groups (broad SMARTS) is 1. The van der Waals surface area contributed by atoms with Crippen LogP contribution in [0, 0.1) is 11.8 Å². The van der Waals surface area contributed by atoms with Crippen molar-refractivity contribution in [2.24, 2.45) is 11.8 Å². The molecule has 214 valence electrons. The summed E-state index contributed by atoms with van der Waals surface area (Å²) in [5, 5.41) is 27.5. The molecule has 4 nitrogen and oxygen atoms in total. The van der Waals surface area contributed by atoms with Crippen LogP contribution in [-0.2, 0) is 18.0 Å². The number of fused-ring (bicyclic) bond motifs is 1. The molecule has 0 amide bonds. The fourth-order valence-electron chi connectivity index (χ4n) is 4.56.